The molecule has 3 aliphatic heterocycles. The lowest BCUT2D eigenvalue weighted by Gasteiger charge is -2.22. The van der Waals surface area contributed by atoms with Gasteiger partial charge >= 0.3 is 5.97 Å². The van der Waals surface area contributed by atoms with E-state index >= 15 is 0 Å². The van der Waals surface area contributed by atoms with Crippen molar-refractivity contribution in [3.05, 3.63) is 53.4 Å². The van der Waals surface area contributed by atoms with Crippen LogP contribution in [0.4, 0.5) is 11.5 Å². The van der Waals surface area contributed by atoms with Crippen LogP contribution in [0.2, 0.25) is 0 Å². The molecule has 14 heteroatoms. The number of carboxylic acids is 1. The van der Waals surface area contributed by atoms with Gasteiger partial charge in [0.25, 0.3) is 5.91 Å². The summed E-state index contributed by atoms with van der Waals surface area (Å²) in [4.78, 5) is 39.9. The number of nitrogens with zero attached hydrogens (tertiary/aromatic N) is 10. The molecule has 3 saturated heterocycles. The molecule has 3 atom stereocenters. The van der Waals surface area contributed by atoms with Gasteiger partial charge in [-0.25, -0.2) is 19.3 Å². The summed E-state index contributed by atoms with van der Waals surface area (Å²) in [7, 11) is 0. The number of rotatable bonds is 5. The summed E-state index contributed by atoms with van der Waals surface area (Å²) in [5.41, 5.74) is 2.47. The molecule has 4 aromatic heterocycles. The van der Waals surface area contributed by atoms with Crippen LogP contribution in [0.25, 0.3) is 5.65 Å². The summed E-state index contributed by atoms with van der Waals surface area (Å²) in [6.45, 7) is 8.40. The van der Waals surface area contributed by atoms with Crippen molar-refractivity contribution in [3.63, 3.8) is 0 Å². The smallest absolute Gasteiger partial charge is 0.354 e. The van der Waals surface area contributed by atoms with Gasteiger partial charge in [0, 0.05) is 51.1 Å². The lowest BCUT2D eigenvalue weighted by Crippen LogP contribution is -2.34. The van der Waals surface area contributed by atoms with Gasteiger partial charge in [0.15, 0.2) is 17.2 Å². The van der Waals surface area contributed by atoms with E-state index in [0.29, 0.717) is 30.4 Å². The van der Waals surface area contributed by atoms with Crippen molar-refractivity contribution in [2.24, 2.45) is 11.8 Å². The molecule has 3 fully saturated rings. The van der Waals surface area contributed by atoms with Gasteiger partial charge in [0.05, 0.1) is 17.3 Å². The number of pyridine rings is 2. The molecule has 1 unspecified atom stereocenters. The van der Waals surface area contributed by atoms with E-state index in [-0.39, 0.29) is 34.7 Å². The Labute approximate surface area is 229 Å². The van der Waals surface area contributed by atoms with Gasteiger partial charge in [0.2, 0.25) is 5.82 Å². The molecule has 0 spiro atoms. The Bertz CT molecular complexity index is 1610. The third-order valence-corrected chi connectivity index (χ3v) is 8.57. The monoisotopic (exact) mass is 543 g/mol. The maximum absolute atomic E-state index is 13.5. The summed E-state index contributed by atoms with van der Waals surface area (Å²) in [6.07, 6.45) is 2.84. The van der Waals surface area contributed by atoms with Crippen LogP contribution in [0.1, 0.15) is 45.8 Å². The average molecular weight is 544 g/mol. The third-order valence-electron chi connectivity index (χ3n) is 8.57. The molecule has 0 saturated carbocycles. The van der Waals surface area contributed by atoms with Crippen molar-refractivity contribution in [2.75, 3.05) is 49.1 Å². The maximum Gasteiger partial charge on any atom is 0.354 e. The number of amides is 1. The first-order valence-electron chi connectivity index (χ1n) is 13.4. The fourth-order valence-corrected chi connectivity index (χ4v) is 6.38. The van der Waals surface area contributed by atoms with Gasteiger partial charge in [0.1, 0.15) is 5.82 Å². The molecule has 0 aliphatic carbocycles. The molecule has 7 rings (SSSR count). The first-order valence-corrected chi connectivity index (χ1v) is 13.4. The number of fused-ring (bicyclic) bond motifs is 2. The number of tetrazole rings is 1. The van der Waals surface area contributed by atoms with E-state index in [0.717, 1.165) is 43.9 Å². The number of carbonyl (C=O) groups is 2. The van der Waals surface area contributed by atoms with Crippen LogP contribution in [0, 0.1) is 18.8 Å². The second kappa shape index (κ2) is 8.96. The van der Waals surface area contributed by atoms with Crippen molar-refractivity contribution < 1.29 is 14.7 Å². The molecule has 7 heterocycles. The minimum absolute atomic E-state index is 0.0356. The highest BCUT2D eigenvalue weighted by molar-refractivity contribution is 5.91. The molecule has 3 aliphatic rings. The molecule has 40 heavy (non-hydrogen) atoms. The molecule has 14 nitrogen and oxygen atoms in total. The molecular weight excluding hydrogens is 514 g/mol. The number of H-pyrrole nitrogens is 1. The first-order chi connectivity index (χ1) is 19.3. The van der Waals surface area contributed by atoms with Gasteiger partial charge in [-0.05, 0) is 37.1 Å². The number of aromatic amines is 1. The number of aromatic carboxylic acids is 1. The highest BCUT2D eigenvalue weighted by Crippen LogP contribution is 2.36. The molecule has 206 valence electrons. The van der Waals surface area contributed by atoms with E-state index in [2.05, 4.69) is 58.5 Å². The van der Waals surface area contributed by atoms with Crippen LogP contribution < -0.4 is 9.80 Å². The standard InChI is InChI=1S/C26H29N11O3/c1-15-8-18(34-7-6-26(2,14-34)25-29-32-33-30-25)13-37-22(15)28-21(31-37)23(38)36-11-16-9-35(10-17(16)12-36)20-5-3-4-19(27-20)24(39)40/h3-5,8,13,16-17H,6-7,9-12,14H2,1-2H3,(H,39,40)(H,29,30,32,33)/t16-,17+,26?. The van der Waals surface area contributed by atoms with Crippen molar-refractivity contribution in [2.45, 2.75) is 25.7 Å². The number of hydrogen-bond acceptors (Lipinski definition) is 10. The van der Waals surface area contributed by atoms with Crippen LogP contribution in [0.3, 0.4) is 0 Å². The normalized spacial score (nSPS) is 24.3. The molecule has 4 aromatic rings. The van der Waals surface area contributed by atoms with Crippen LogP contribution >= 0.6 is 0 Å². The van der Waals surface area contributed by atoms with Crippen molar-refractivity contribution in [3.8, 4) is 0 Å². The number of hydrogen-bond donors (Lipinski definition) is 2. The quantitative estimate of drug-likeness (QED) is 0.370. The minimum atomic E-state index is -1.04. The van der Waals surface area contributed by atoms with E-state index in [1.165, 1.54) is 6.07 Å². The van der Waals surface area contributed by atoms with E-state index in [4.69, 9.17) is 0 Å². The second-order valence-electron chi connectivity index (χ2n) is 11.4. The molecule has 1 amide bonds. The highest BCUT2D eigenvalue weighted by atomic mass is 16.4. The molecule has 0 aromatic carbocycles. The summed E-state index contributed by atoms with van der Waals surface area (Å²) in [5, 5.41) is 28.5. The van der Waals surface area contributed by atoms with E-state index in [9.17, 15) is 14.7 Å². The third kappa shape index (κ3) is 4.01. The predicted octanol–water partition coefficient (Wildman–Crippen LogP) is 1.02. The van der Waals surface area contributed by atoms with Crippen LogP contribution in [0.15, 0.2) is 30.5 Å². The lowest BCUT2D eigenvalue weighted by atomic mass is 9.89. The Kier molecular flexibility index (Phi) is 5.47. The fourth-order valence-electron chi connectivity index (χ4n) is 6.38. The SMILES string of the molecule is Cc1cc(N2CCC(C)(c3nn[nH]n3)C2)cn2nc(C(=O)N3C[C@@H]4CN(c5cccc(C(=O)O)n5)C[C@@H]4C3)nc12. The Morgan fingerprint density at radius 1 is 1.10 bits per heavy atom. The summed E-state index contributed by atoms with van der Waals surface area (Å²) in [6, 6.07) is 7.13. The lowest BCUT2D eigenvalue weighted by molar-refractivity contribution is 0.0689. The number of aromatic nitrogens is 8. The molecule has 0 radical (unpaired) electrons. The van der Waals surface area contributed by atoms with E-state index in [1.807, 2.05) is 24.1 Å². The number of anilines is 2. The second-order valence-corrected chi connectivity index (χ2v) is 11.4. The number of carbonyl (C=O) groups excluding carboxylic acids is 1. The van der Waals surface area contributed by atoms with Crippen LogP contribution in [-0.2, 0) is 5.41 Å². The highest BCUT2D eigenvalue weighted by Gasteiger charge is 2.43. The number of aryl methyl sites for hydroxylation is 1. The predicted molar refractivity (Wildman–Crippen MR) is 142 cm³/mol. The van der Waals surface area contributed by atoms with E-state index < -0.39 is 5.97 Å². The topological polar surface area (TPSA) is 162 Å². The van der Waals surface area contributed by atoms with Crippen molar-refractivity contribution in [1.29, 1.82) is 0 Å². The van der Waals surface area contributed by atoms with Crippen molar-refractivity contribution >= 4 is 29.0 Å². The summed E-state index contributed by atoms with van der Waals surface area (Å²) < 4.78 is 1.71. The number of carboxylic acid groups (broad SMARTS) is 1. The first kappa shape index (κ1) is 24.4. The van der Waals surface area contributed by atoms with Crippen molar-refractivity contribution in [1.82, 2.24) is 45.1 Å². The summed E-state index contributed by atoms with van der Waals surface area (Å²) in [5.74, 6) is 0.944. The number of nitrogens with one attached hydrogen (secondary N) is 1. The zero-order valence-electron chi connectivity index (χ0n) is 22.2. The van der Waals surface area contributed by atoms with Gasteiger partial charge in [-0.15, -0.1) is 15.3 Å². The van der Waals surface area contributed by atoms with Crippen LogP contribution in [0.5, 0.6) is 0 Å². The summed E-state index contributed by atoms with van der Waals surface area (Å²) >= 11 is 0. The molecular formula is C26H29N11O3. The molecule has 0 bridgehead atoms. The molecule has 2 N–H and O–H groups in total. The average Bonchev–Trinajstić information content (AvgIpc) is 3.75. The Hall–Kier alpha value is -4.62. The van der Waals surface area contributed by atoms with Crippen LogP contribution in [-0.4, -0.2) is 101 Å². The Morgan fingerprint density at radius 3 is 2.62 bits per heavy atom. The zero-order chi connectivity index (χ0) is 27.6. The Balaban J connectivity index is 1.05. The van der Waals surface area contributed by atoms with E-state index in [1.54, 1.807) is 10.6 Å². The zero-order valence-corrected chi connectivity index (χ0v) is 22.2. The van der Waals surface area contributed by atoms with Gasteiger partial charge in [-0.1, -0.05) is 18.2 Å². The maximum atomic E-state index is 13.5. The fraction of sp³-hybridized carbons (Fsp3) is 0.462. The van der Waals surface area contributed by atoms with Gasteiger partial charge in [-0.3, -0.25) is 4.79 Å². The van der Waals surface area contributed by atoms with Gasteiger partial charge < -0.3 is 19.8 Å². The Morgan fingerprint density at radius 2 is 1.90 bits per heavy atom. The largest absolute Gasteiger partial charge is 0.477 e. The van der Waals surface area contributed by atoms with Gasteiger partial charge in [-0.2, -0.15) is 5.21 Å². The minimum Gasteiger partial charge on any atom is -0.477 e. The number of likely N-dealkylation sites (tertiary alicyclic amines) is 1.